The largest absolute Gasteiger partial charge is 0.350 e. The van der Waals surface area contributed by atoms with Crippen LogP contribution in [0, 0.1) is 12.8 Å². The van der Waals surface area contributed by atoms with Crippen LogP contribution in [-0.2, 0) is 17.8 Å². The molecule has 3 aliphatic heterocycles. The Kier molecular flexibility index (Phi) is 6.58. The lowest BCUT2D eigenvalue weighted by molar-refractivity contribution is -0.134. The van der Waals surface area contributed by atoms with Crippen LogP contribution in [-0.4, -0.2) is 63.4 Å². The van der Waals surface area contributed by atoms with Crippen molar-refractivity contribution in [3.05, 3.63) is 47.2 Å². The number of hydrogen-bond donors (Lipinski definition) is 0. The maximum absolute atomic E-state index is 13.0. The Morgan fingerprint density at radius 2 is 1.91 bits per heavy atom. The second-order valence-electron chi connectivity index (χ2n) is 10.0. The van der Waals surface area contributed by atoms with Gasteiger partial charge in [-0.15, -0.1) is 0 Å². The topological polar surface area (TPSA) is 65.5 Å². The van der Waals surface area contributed by atoms with Crippen LogP contribution in [0.5, 0.6) is 0 Å². The predicted octanol–water partition coefficient (Wildman–Crippen LogP) is 3.53. The lowest BCUT2D eigenvalue weighted by atomic mass is 9.99. The molecule has 0 radical (unpaired) electrons. The third-order valence-electron chi connectivity index (χ3n) is 7.58. The molecule has 2 saturated heterocycles. The number of amides is 1. The number of fused-ring (bicyclic) bond motifs is 1. The van der Waals surface area contributed by atoms with E-state index in [4.69, 9.17) is 9.97 Å². The molecule has 0 aliphatic carbocycles. The Morgan fingerprint density at radius 1 is 1.06 bits per heavy atom. The van der Waals surface area contributed by atoms with Crippen molar-refractivity contribution < 1.29 is 4.79 Å². The van der Waals surface area contributed by atoms with E-state index in [1.165, 1.54) is 5.56 Å². The van der Waals surface area contributed by atoms with Gasteiger partial charge in [-0.2, -0.15) is 0 Å². The van der Waals surface area contributed by atoms with E-state index in [1.54, 1.807) is 0 Å². The van der Waals surface area contributed by atoms with Gasteiger partial charge in [-0.25, -0.2) is 9.97 Å². The van der Waals surface area contributed by atoms with Gasteiger partial charge in [-0.1, -0.05) is 13.0 Å². The number of piperidine rings is 1. The van der Waals surface area contributed by atoms with E-state index in [1.807, 2.05) is 18.3 Å². The molecule has 2 fully saturated rings. The third-order valence-corrected chi connectivity index (χ3v) is 7.58. The van der Waals surface area contributed by atoms with Gasteiger partial charge in [-0.3, -0.25) is 14.7 Å². The first-order valence-corrected chi connectivity index (χ1v) is 12.6. The summed E-state index contributed by atoms with van der Waals surface area (Å²) in [7, 11) is 0. The maximum atomic E-state index is 13.0. The van der Waals surface area contributed by atoms with Crippen molar-refractivity contribution in [3.63, 3.8) is 0 Å². The molecule has 2 aromatic rings. The molecular weight excluding hydrogens is 412 g/mol. The standard InChI is InChI=1S/C26H36N6O/c1-19-10-15-30(16-11-19)24(33)18-31-13-6-9-23(31)25-28-20(2)22-8-5-14-32(26(22)29-25)17-21-7-3-4-12-27-21/h3-4,7,12,19,23H,5-6,8-11,13-18H2,1-2H3/t23-/m1/s1. The molecular formula is C26H36N6O. The zero-order valence-corrected chi connectivity index (χ0v) is 20.0. The van der Waals surface area contributed by atoms with Gasteiger partial charge in [0, 0.05) is 37.1 Å². The van der Waals surface area contributed by atoms with Crippen molar-refractivity contribution in [3.8, 4) is 0 Å². The first kappa shape index (κ1) is 22.3. The summed E-state index contributed by atoms with van der Waals surface area (Å²) in [6.07, 6.45) is 8.34. The van der Waals surface area contributed by atoms with Crippen LogP contribution in [0.4, 0.5) is 5.82 Å². The average Bonchev–Trinajstić information content (AvgIpc) is 3.29. The average molecular weight is 449 g/mol. The van der Waals surface area contributed by atoms with Crippen molar-refractivity contribution in [2.24, 2.45) is 5.92 Å². The van der Waals surface area contributed by atoms with E-state index in [0.717, 1.165) is 100 Å². The molecule has 7 nitrogen and oxygen atoms in total. The molecule has 5 heterocycles. The number of pyridine rings is 1. The Labute approximate surface area is 197 Å². The number of nitrogens with zero attached hydrogens (tertiary/aromatic N) is 6. The van der Waals surface area contributed by atoms with Crippen LogP contribution in [0.25, 0.3) is 0 Å². The second kappa shape index (κ2) is 9.75. The van der Waals surface area contributed by atoms with Crippen molar-refractivity contribution in [2.45, 2.75) is 65.0 Å². The number of rotatable bonds is 5. The summed E-state index contributed by atoms with van der Waals surface area (Å²) in [5.41, 5.74) is 3.42. The van der Waals surface area contributed by atoms with Crippen LogP contribution in [0.15, 0.2) is 24.4 Å². The fourth-order valence-corrected chi connectivity index (χ4v) is 5.54. The minimum Gasteiger partial charge on any atom is -0.350 e. The molecule has 2 aromatic heterocycles. The van der Waals surface area contributed by atoms with Crippen LogP contribution in [0.3, 0.4) is 0 Å². The van der Waals surface area contributed by atoms with E-state index >= 15 is 0 Å². The Bertz CT molecular complexity index is 972. The number of carbonyl (C=O) groups is 1. The monoisotopic (exact) mass is 448 g/mol. The van der Waals surface area contributed by atoms with E-state index in [0.29, 0.717) is 6.54 Å². The maximum Gasteiger partial charge on any atom is 0.236 e. The molecule has 0 spiro atoms. The summed E-state index contributed by atoms with van der Waals surface area (Å²) in [6, 6.07) is 6.20. The number of anilines is 1. The van der Waals surface area contributed by atoms with Gasteiger partial charge in [0.15, 0.2) is 0 Å². The van der Waals surface area contributed by atoms with Crippen molar-refractivity contribution >= 4 is 11.7 Å². The van der Waals surface area contributed by atoms with E-state index in [9.17, 15) is 4.79 Å². The predicted molar refractivity (Wildman–Crippen MR) is 129 cm³/mol. The molecule has 0 bridgehead atoms. The van der Waals surface area contributed by atoms with E-state index in [-0.39, 0.29) is 11.9 Å². The van der Waals surface area contributed by atoms with Crippen LogP contribution < -0.4 is 4.90 Å². The van der Waals surface area contributed by atoms with Gasteiger partial charge in [0.05, 0.1) is 24.8 Å². The lowest BCUT2D eigenvalue weighted by Crippen LogP contribution is -2.44. The number of aryl methyl sites for hydroxylation is 1. The molecule has 176 valence electrons. The minimum atomic E-state index is 0.125. The molecule has 0 unspecified atom stereocenters. The first-order valence-electron chi connectivity index (χ1n) is 12.6. The molecule has 33 heavy (non-hydrogen) atoms. The van der Waals surface area contributed by atoms with Gasteiger partial charge in [-0.05, 0) is 70.0 Å². The highest BCUT2D eigenvalue weighted by molar-refractivity contribution is 5.78. The Morgan fingerprint density at radius 3 is 2.70 bits per heavy atom. The molecule has 0 N–H and O–H groups in total. The van der Waals surface area contributed by atoms with Crippen LogP contribution in [0.1, 0.15) is 67.8 Å². The highest BCUT2D eigenvalue weighted by Crippen LogP contribution is 2.34. The van der Waals surface area contributed by atoms with E-state index in [2.05, 4.69) is 39.6 Å². The van der Waals surface area contributed by atoms with E-state index < -0.39 is 0 Å². The minimum absolute atomic E-state index is 0.125. The summed E-state index contributed by atoms with van der Waals surface area (Å²) >= 11 is 0. The fourth-order valence-electron chi connectivity index (χ4n) is 5.54. The second-order valence-corrected chi connectivity index (χ2v) is 10.0. The fraction of sp³-hybridized carbons (Fsp3) is 0.615. The van der Waals surface area contributed by atoms with Gasteiger partial charge in [0.25, 0.3) is 0 Å². The summed E-state index contributed by atoms with van der Waals surface area (Å²) in [4.78, 5) is 34.4. The third kappa shape index (κ3) is 4.88. The highest BCUT2D eigenvalue weighted by Gasteiger charge is 2.33. The number of carbonyl (C=O) groups excluding carboxylic acids is 1. The van der Waals surface area contributed by atoms with Gasteiger partial charge in [0.2, 0.25) is 5.91 Å². The zero-order valence-electron chi connectivity index (χ0n) is 20.0. The molecule has 3 aliphatic rings. The lowest BCUT2D eigenvalue weighted by Gasteiger charge is -2.34. The van der Waals surface area contributed by atoms with Gasteiger partial charge >= 0.3 is 0 Å². The van der Waals surface area contributed by atoms with Crippen LogP contribution >= 0.6 is 0 Å². The Hall–Kier alpha value is -2.54. The van der Waals surface area contributed by atoms with Crippen molar-refractivity contribution in [2.75, 3.05) is 37.6 Å². The van der Waals surface area contributed by atoms with Crippen LogP contribution in [0.2, 0.25) is 0 Å². The molecule has 0 aromatic carbocycles. The molecule has 5 rings (SSSR count). The van der Waals surface area contributed by atoms with Gasteiger partial charge < -0.3 is 9.80 Å². The van der Waals surface area contributed by atoms with Gasteiger partial charge in [0.1, 0.15) is 11.6 Å². The van der Waals surface area contributed by atoms with Crippen molar-refractivity contribution in [1.29, 1.82) is 0 Å². The van der Waals surface area contributed by atoms with Crippen molar-refractivity contribution in [1.82, 2.24) is 24.8 Å². The SMILES string of the molecule is Cc1nc([C@H]2CCCN2CC(=O)N2CCC(C)CC2)nc2c1CCCN2Cc1ccccn1. The zero-order chi connectivity index (χ0) is 22.8. The molecule has 0 saturated carbocycles. The first-order chi connectivity index (χ1) is 16.1. The summed E-state index contributed by atoms with van der Waals surface area (Å²) in [5.74, 6) is 2.95. The highest BCUT2D eigenvalue weighted by atomic mass is 16.2. The Balaban J connectivity index is 1.35. The number of aromatic nitrogens is 3. The summed E-state index contributed by atoms with van der Waals surface area (Å²) < 4.78 is 0. The smallest absolute Gasteiger partial charge is 0.236 e. The number of likely N-dealkylation sites (tertiary alicyclic amines) is 2. The summed E-state index contributed by atoms with van der Waals surface area (Å²) in [5, 5.41) is 0. The number of hydrogen-bond acceptors (Lipinski definition) is 6. The quantitative estimate of drug-likeness (QED) is 0.697. The molecule has 1 amide bonds. The molecule has 7 heteroatoms. The summed E-state index contributed by atoms with van der Waals surface area (Å²) in [6.45, 7) is 9.38. The normalized spacial score (nSPS) is 21.9. The molecule has 1 atom stereocenters.